The molecule has 6 nitrogen and oxygen atoms in total. The van der Waals surface area contributed by atoms with Gasteiger partial charge < -0.3 is 19.9 Å². The summed E-state index contributed by atoms with van der Waals surface area (Å²) in [5.74, 6) is -0.648. The predicted octanol–water partition coefficient (Wildman–Crippen LogP) is 5.78. The Morgan fingerprint density at radius 3 is 2.68 bits per heavy atom. The Balaban J connectivity index is 1.85. The maximum atomic E-state index is 13.4. The summed E-state index contributed by atoms with van der Waals surface area (Å²) in [6.45, 7) is 4.21. The largest absolute Gasteiger partial charge is 0.489 e. The molecule has 2 aromatic carbocycles. The van der Waals surface area contributed by atoms with E-state index in [2.05, 4.69) is 15.9 Å². The van der Waals surface area contributed by atoms with Crippen molar-refractivity contribution in [2.24, 2.45) is 11.1 Å². The van der Waals surface area contributed by atoms with Gasteiger partial charge in [0.15, 0.2) is 5.78 Å². The van der Waals surface area contributed by atoms with E-state index in [1.54, 1.807) is 12.1 Å². The molecular formula is C26H25BrClNO5. The molecule has 0 amide bonds. The van der Waals surface area contributed by atoms with Gasteiger partial charge >= 0.3 is 5.97 Å². The minimum Gasteiger partial charge on any atom is -0.489 e. The molecule has 8 heteroatoms. The van der Waals surface area contributed by atoms with E-state index in [-0.39, 0.29) is 29.3 Å². The number of carbonyl (C=O) groups excluding carboxylic acids is 2. The van der Waals surface area contributed by atoms with Gasteiger partial charge in [0.25, 0.3) is 0 Å². The summed E-state index contributed by atoms with van der Waals surface area (Å²) < 4.78 is 17.8. The van der Waals surface area contributed by atoms with Crippen molar-refractivity contribution in [1.29, 1.82) is 0 Å². The second kappa shape index (κ2) is 9.47. The van der Waals surface area contributed by atoms with Gasteiger partial charge in [0.2, 0.25) is 5.88 Å². The van der Waals surface area contributed by atoms with Crippen LogP contribution in [0.15, 0.2) is 69.7 Å². The van der Waals surface area contributed by atoms with E-state index in [0.29, 0.717) is 40.5 Å². The van der Waals surface area contributed by atoms with Crippen molar-refractivity contribution < 1.29 is 23.8 Å². The molecule has 0 saturated carbocycles. The van der Waals surface area contributed by atoms with E-state index in [1.165, 1.54) is 7.11 Å². The number of allylic oxidation sites excluding steroid dienone is 2. The molecule has 178 valence electrons. The zero-order valence-corrected chi connectivity index (χ0v) is 21.5. The Morgan fingerprint density at radius 2 is 1.97 bits per heavy atom. The average Bonchev–Trinajstić information content (AvgIpc) is 2.77. The molecule has 1 atom stereocenters. The van der Waals surface area contributed by atoms with E-state index < -0.39 is 11.9 Å². The van der Waals surface area contributed by atoms with Crippen molar-refractivity contribution >= 4 is 39.3 Å². The Morgan fingerprint density at radius 1 is 1.24 bits per heavy atom. The molecule has 0 aromatic heterocycles. The summed E-state index contributed by atoms with van der Waals surface area (Å²) in [5.41, 5.74) is 7.86. The lowest BCUT2D eigenvalue weighted by Crippen LogP contribution is -2.35. The third-order valence-electron chi connectivity index (χ3n) is 5.98. The first kappa shape index (κ1) is 24.4. The third-order valence-corrected chi connectivity index (χ3v) is 6.85. The molecule has 2 N–H and O–H groups in total. The van der Waals surface area contributed by atoms with Gasteiger partial charge in [-0.25, -0.2) is 4.79 Å². The minimum absolute atomic E-state index is 0.0712. The lowest BCUT2D eigenvalue weighted by atomic mass is 9.70. The molecular weight excluding hydrogens is 522 g/mol. The molecule has 0 saturated heterocycles. The molecule has 0 spiro atoms. The maximum absolute atomic E-state index is 13.4. The summed E-state index contributed by atoms with van der Waals surface area (Å²) in [6.07, 6.45) is 0.841. The van der Waals surface area contributed by atoms with Crippen LogP contribution in [0.1, 0.15) is 43.7 Å². The number of Topliss-reactive ketones (excluding diaryl/α,β-unsaturated/α-hetero) is 1. The van der Waals surface area contributed by atoms with Gasteiger partial charge in [0, 0.05) is 39.0 Å². The molecule has 0 radical (unpaired) electrons. The van der Waals surface area contributed by atoms with Crippen molar-refractivity contribution in [3.8, 4) is 5.75 Å². The molecule has 2 aromatic rings. The summed E-state index contributed by atoms with van der Waals surface area (Å²) >= 11 is 9.81. The van der Waals surface area contributed by atoms with Crippen LogP contribution in [0.4, 0.5) is 0 Å². The molecule has 0 bridgehead atoms. The number of nitrogens with two attached hydrogens (primary N) is 1. The Kier molecular flexibility index (Phi) is 6.78. The first-order valence-corrected chi connectivity index (χ1v) is 12.0. The van der Waals surface area contributed by atoms with Gasteiger partial charge in [-0.15, -0.1) is 0 Å². The second-order valence-corrected chi connectivity index (χ2v) is 10.5. The quantitative estimate of drug-likeness (QED) is 0.478. The second-order valence-electron chi connectivity index (χ2n) is 9.14. The fourth-order valence-corrected chi connectivity index (χ4v) is 5.02. The van der Waals surface area contributed by atoms with E-state index in [0.717, 1.165) is 10.0 Å². The molecule has 0 fully saturated rings. The maximum Gasteiger partial charge on any atom is 0.340 e. The number of rotatable bonds is 5. The number of halogens is 2. The molecule has 1 aliphatic heterocycles. The number of hydrogen-bond acceptors (Lipinski definition) is 6. The lowest BCUT2D eigenvalue weighted by molar-refractivity contribution is -0.136. The van der Waals surface area contributed by atoms with Gasteiger partial charge in [-0.05, 0) is 29.7 Å². The predicted molar refractivity (Wildman–Crippen MR) is 132 cm³/mol. The van der Waals surface area contributed by atoms with Gasteiger partial charge in [-0.1, -0.05) is 59.6 Å². The highest BCUT2D eigenvalue weighted by atomic mass is 79.9. The van der Waals surface area contributed by atoms with Crippen LogP contribution in [0.2, 0.25) is 5.02 Å². The van der Waals surface area contributed by atoms with E-state index >= 15 is 0 Å². The van der Waals surface area contributed by atoms with Gasteiger partial charge in [0.05, 0.1) is 13.0 Å². The molecule has 1 aliphatic carbocycles. The monoisotopic (exact) mass is 545 g/mol. The fraction of sp³-hybridized carbons (Fsp3) is 0.308. The van der Waals surface area contributed by atoms with Crippen LogP contribution in [0.5, 0.6) is 5.75 Å². The average molecular weight is 547 g/mol. The number of esters is 1. The number of ether oxygens (including phenoxy) is 3. The van der Waals surface area contributed by atoms with E-state index in [9.17, 15) is 9.59 Å². The molecule has 4 rings (SSSR count). The van der Waals surface area contributed by atoms with Crippen molar-refractivity contribution in [3.05, 3.63) is 85.9 Å². The van der Waals surface area contributed by atoms with Gasteiger partial charge in [-0.2, -0.15) is 0 Å². The molecule has 1 heterocycles. The Labute approximate surface area is 211 Å². The standard InChI is InChI=1S/C26H25BrClNO5/c1-26(2)11-18(30)22-20(12-26)34-24(29)23(25(31)32-3)21(22)16-10-15(27)8-9-19(16)33-13-14-6-4-5-7-17(14)28/h4-10,21H,11-13,29H2,1-3H3. The number of ketones is 1. The first-order valence-electron chi connectivity index (χ1n) is 10.8. The van der Waals surface area contributed by atoms with E-state index in [4.69, 9.17) is 31.5 Å². The van der Waals surface area contributed by atoms with Crippen LogP contribution in [-0.4, -0.2) is 18.9 Å². The van der Waals surface area contributed by atoms with Crippen molar-refractivity contribution in [2.75, 3.05) is 7.11 Å². The van der Waals surface area contributed by atoms with E-state index in [1.807, 2.05) is 44.2 Å². The van der Waals surface area contributed by atoms with Crippen LogP contribution in [0, 0.1) is 5.41 Å². The fourth-order valence-electron chi connectivity index (χ4n) is 4.45. The minimum atomic E-state index is -0.793. The van der Waals surface area contributed by atoms with Crippen LogP contribution < -0.4 is 10.5 Å². The van der Waals surface area contributed by atoms with Crippen molar-refractivity contribution in [2.45, 2.75) is 39.2 Å². The molecule has 34 heavy (non-hydrogen) atoms. The summed E-state index contributed by atoms with van der Waals surface area (Å²) in [7, 11) is 1.27. The molecule has 2 aliphatic rings. The lowest BCUT2D eigenvalue weighted by Gasteiger charge is -2.38. The zero-order chi connectivity index (χ0) is 24.6. The van der Waals surface area contributed by atoms with Gasteiger partial charge in [-0.3, -0.25) is 4.79 Å². The van der Waals surface area contributed by atoms with Crippen LogP contribution in [-0.2, 0) is 25.7 Å². The van der Waals surface area contributed by atoms with Crippen LogP contribution in [0.3, 0.4) is 0 Å². The summed E-state index contributed by atoms with van der Waals surface area (Å²) in [6, 6.07) is 12.8. The van der Waals surface area contributed by atoms with Crippen molar-refractivity contribution in [3.63, 3.8) is 0 Å². The Hall–Kier alpha value is -2.77. The molecule has 1 unspecified atom stereocenters. The van der Waals surface area contributed by atoms with Crippen molar-refractivity contribution in [1.82, 2.24) is 0 Å². The Bertz CT molecular complexity index is 1230. The SMILES string of the molecule is COC(=O)C1=C(N)OC2=C(C(=O)CC(C)(C)C2)C1c1cc(Br)ccc1OCc1ccccc1Cl. The highest BCUT2D eigenvalue weighted by molar-refractivity contribution is 9.10. The third kappa shape index (κ3) is 4.72. The first-order chi connectivity index (χ1) is 16.1. The topological polar surface area (TPSA) is 87.9 Å². The highest BCUT2D eigenvalue weighted by Crippen LogP contribution is 2.50. The zero-order valence-electron chi connectivity index (χ0n) is 19.1. The number of hydrogen-bond donors (Lipinski definition) is 1. The van der Waals surface area contributed by atoms with Gasteiger partial charge in [0.1, 0.15) is 23.7 Å². The highest BCUT2D eigenvalue weighted by Gasteiger charge is 2.45. The summed E-state index contributed by atoms with van der Waals surface area (Å²) in [5, 5.41) is 0.585. The van der Waals surface area contributed by atoms with Crippen LogP contribution >= 0.6 is 27.5 Å². The van der Waals surface area contributed by atoms with Crippen LogP contribution in [0.25, 0.3) is 0 Å². The number of carbonyl (C=O) groups is 2. The normalized spacial score (nSPS) is 19.4. The number of methoxy groups -OCH3 is 1. The number of benzene rings is 2. The smallest absolute Gasteiger partial charge is 0.340 e. The summed E-state index contributed by atoms with van der Waals surface area (Å²) in [4.78, 5) is 26.2.